The zero-order valence-corrected chi connectivity index (χ0v) is 19.5. The van der Waals surface area contributed by atoms with Crippen molar-refractivity contribution >= 4 is 50.3 Å². The van der Waals surface area contributed by atoms with Crippen LogP contribution in [-0.2, 0) is 10.0 Å². The molecule has 3 rings (SSSR count). The molecule has 12 heteroatoms. The summed E-state index contributed by atoms with van der Waals surface area (Å²) in [6, 6.07) is 17.7. The minimum absolute atomic E-state index is 0.0156. The van der Waals surface area contributed by atoms with E-state index < -0.39 is 20.9 Å². The van der Waals surface area contributed by atoms with Crippen molar-refractivity contribution in [2.75, 3.05) is 16.6 Å². The highest BCUT2D eigenvalue weighted by Gasteiger charge is 2.20. The van der Waals surface area contributed by atoms with Crippen LogP contribution >= 0.6 is 12.2 Å². The van der Waals surface area contributed by atoms with Crippen LogP contribution in [-0.4, -0.2) is 31.0 Å². The standard InChI is InChI=1S/C22H20N4O6S2/c1-2-32-17-11-7-16(8-12-17)25-34(30,31)18-13-9-15(10-14-18)23-22(33)24-21(27)19-5-3-4-6-20(19)26(28)29/h3-14,25H,2H2,1H3,(H2,23,24,27,33). The Hall–Kier alpha value is -4.03. The number of rotatable bonds is 8. The molecule has 0 atom stereocenters. The highest BCUT2D eigenvalue weighted by atomic mass is 32.2. The monoisotopic (exact) mass is 500 g/mol. The zero-order valence-electron chi connectivity index (χ0n) is 17.8. The first-order chi connectivity index (χ1) is 16.2. The lowest BCUT2D eigenvalue weighted by atomic mass is 10.1. The van der Waals surface area contributed by atoms with Gasteiger partial charge in [-0.1, -0.05) is 12.1 Å². The minimum Gasteiger partial charge on any atom is -0.494 e. The maximum absolute atomic E-state index is 12.6. The predicted octanol–water partition coefficient (Wildman–Crippen LogP) is 3.92. The van der Waals surface area contributed by atoms with Gasteiger partial charge in [0, 0.05) is 17.4 Å². The number of ether oxygens (including phenoxy) is 1. The van der Waals surface area contributed by atoms with E-state index in [1.165, 1.54) is 48.5 Å². The molecule has 0 saturated heterocycles. The fraction of sp³-hybridized carbons (Fsp3) is 0.0909. The van der Waals surface area contributed by atoms with E-state index in [9.17, 15) is 23.3 Å². The van der Waals surface area contributed by atoms with Gasteiger partial charge in [0.2, 0.25) is 0 Å². The molecular weight excluding hydrogens is 480 g/mol. The lowest BCUT2D eigenvalue weighted by Crippen LogP contribution is -2.34. The van der Waals surface area contributed by atoms with E-state index in [-0.39, 0.29) is 21.3 Å². The first-order valence-corrected chi connectivity index (χ1v) is 11.8. The van der Waals surface area contributed by atoms with Crippen molar-refractivity contribution in [2.45, 2.75) is 11.8 Å². The molecule has 0 radical (unpaired) electrons. The Morgan fingerprint density at radius 2 is 1.62 bits per heavy atom. The number of carbonyl (C=O) groups is 1. The molecule has 0 spiro atoms. The first kappa shape index (κ1) is 24.6. The topological polar surface area (TPSA) is 140 Å². The van der Waals surface area contributed by atoms with Gasteiger partial charge in [0.05, 0.1) is 16.4 Å². The van der Waals surface area contributed by atoms with Crippen LogP contribution in [0.2, 0.25) is 0 Å². The molecule has 1 amide bonds. The molecule has 34 heavy (non-hydrogen) atoms. The highest BCUT2D eigenvalue weighted by molar-refractivity contribution is 7.92. The van der Waals surface area contributed by atoms with E-state index in [1.54, 1.807) is 24.3 Å². The van der Waals surface area contributed by atoms with E-state index in [2.05, 4.69) is 15.4 Å². The van der Waals surface area contributed by atoms with Gasteiger partial charge in [-0.3, -0.25) is 24.9 Å². The molecule has 0 saturated carbocycles. The van der Waals surface area contributed by atoms with Gasteiger partial charge in [0.25, 0.3) is 21.6 Å². The van der Waals surface area contributed by atoms with Crippen molar-refractivity contribution in [3.8, 4) is 5.75 Å². The summed E-state index contributed by atoms with van der Waals surface area (Å²) in [7, 11) is -3.84. The number of carbonyl (C=O) groups excluding carboxylic acids is 1. The molecule has 10 nitrogen and oxygen atoms in total. The summed E-state index contributed by atoms with van der Waals surface area (Å²) < 4.78 is 33.1. The van der Waals surface area contributed by atoms with Crippen molar-refractivity contribution in [3.63, 3.8) is 0 Å². The van der Waals surface area contributed by atoms with E-state index in [4.69, 9.17) is 17.0 Å². The molecule has 3 aromatic rings. The van der Waals surface area contributed by atoms with Gasteiger partial charge in [-0.2, -0.15) is 0 Å². The molecular formula is C22H20N4O6S2. The largest absolute Gasteiger partial charge is 0.494 e. The fourth-order valence-electron chi connectivity index (χ4n) is 2.88. The number of anilines is 2. The lowest BCUT2D eigenvalue weighted by molar-refractivity contribution is -0.385. The normalized spacial score (nSPS) is 10.7. The summed E-state index contributed by atoms with van der Waals surface area (Å²) in [5, 5.41) is 16.1. The fourth-order valence-corrected chi connectivity index (χ4v) is 4.14. The lowest BCUT2D eigenvalue weighted by Gasteiger charge is -2.12. The Balaban J connectivity index is 1.63. The molecule has 3 N–H and O–H groups in total. The molecule has 0 unspecified atom stereocenters. The Morgan fingerprint density at radius 1 is 1.00 bits per heavy atom. The molecule has 0 aliphatic heterocycles. The van der Waals surface area contributed by atoms with Crippen LogP contribution in [0.4, 0.5) is 17.1 Å². The van der Waals surface area contributed by atoms with Gasteiger partial charge in [0.15, 0.2) is 5.11 Å². The molecule has 0 fully saturated rings. The third-order valence-electron chi connectivity index (χ3n) is 4.41. The van der Waals surface area contributed by atoms with Gasteiger partial charge in [-0.05, 0) is 73.7 Å². The number of hydrogen-bond acceptors (Lipinski definition) is 7. The number of nitro groups is 1. The van der Waals surface area contributed by atoms with Gasteiger partial charge in [-0.15, -0.1) is 0 Å². The Kier molecular flexibility index (Phi) is 7.76. The summed E-state index contributed by atoms with van der Waals surface area (Å²) in [6.45, 7) is 2.36. The number of thiocarbonyl (C=S) groups is 1. The third kappa shape index (κ3) is 6.27. The van der Waals surface area contributed by atoms with Crippen LogP contribution in [0.15, 0.2) is 77.7 Å². The van der Waals surface area contributed by atoms with E-state index in [0.29, 0.717) is 23.7 Å². The summed E-state index contributed by atoms with van der Waals surface area (Å²) >= 11 is 5.09. The highest BCUT2D eigenvalue weighted by Crippen LogP contribution is 2.21. The van der Waals surface area contributed by atoms with Crippen molar-refractivity contribution in [1.29, 1.82) is 0 Å². The molecule has 0 aliphatic rings. The summed E-state index contributed by atoms with van der Waals surface area (Å²) in [5.74, 6) is -0.116. The van der Waals surface area contributed by atoms with Crippen molar-refractivity contribution in [2.24, 2.45) is 0 Å². The Bertz CT molecular complexity index is 1310. The smallest absolute Gasteiger partial charge is 0.282 e. The van der Waals surface area contributed by atoms with E-state index >= 15 is 0 Å². The predicted molar refractivity (Wildman–Crippen MR) is 132 cm³/mol. The van der Waals surface area contributed by atoms with E-state index in [1.807, 2.05) is 6.92 Å². The van der Waals surface area contributed by atoms with Crippen molar-refractivity contribution in [1.82, 2.24) is 5.32 Å². The number of para-hydroxylation sites is 1. The van der Waals surface area contributed by atoms with Crippen LogP contribution in [0.1, 0.15) is 17.3 Å². The van der Waals surface area contributed by atoms with Gasteiger partial charge in [-0.25, -0.2) is 8.42 Å². The second-order valence-electron chi connectivity index (χ2n) is 6.77. The molecule has 0 aromatic heterocycles. The number of nitro benzene ring substituents is 1. The number of nitrogens with one attached hydrogen (secondary N) is 3. The second kappa shape index (κ2) is 10.7. The Morgan fingerprint density at radius 3 is 2.24 bits per heavy atom. The van der Waals surface area contributed by atoms with Crippen LogP contribution < -0.4 is 20.1 Å². The molecule has 0 heterocycles. The van der Waals surface area contributed by atoms with Crippen LogP contribution in [0.3, 0.4) is 0 Å². The number of sulfonamides is 1. The number of amides is 1. The van der Waals surface area contributed by atoms with E-state index in [0.717, 1.165) is 0 Å². The first-order valence-electron chi connectivity index (χ1n) is 9.91. The molecule has 0 aliphatic carbocycles. The summed E-state index contributed by atoms with van der Waals surface area (Å²) in [5.41, 5.74) is 0.299. The zero-order chi connectivity index (χ0) is 24.7. The van der Waals surface area contributed by atoms with Crippen LogP contribution in [0.5, 0.6) is 5.75 Å². The van der Waals surface area contributed by atoms with Crippen LogP contribution in [0.25, 0.3) is 0 Å². The minimum atomic E-state index is -3.84. The number of benzene rings is 3. The maximum atomic E-state index is 12.6. The third-order valence-corrected chi connectivity index (χ3v) is 6.01. The SMILES string of the molecule is CCOc1ccc(NS(=O)(=O)c2ccc(NC(=S)NC(=O)c3ccccc3[N+](=O)[O-])cc2)cc1. The van der Waals surface area contributed by atoms with Gasteiger partial charge < -0.3 is 10.1 Å². The average Bonchev–Trinajstić information content (AvgIpc) is 2.80. The quantitative estimate of drug-likeness (QED) is 0.240. The average molecular weight is 501 g/mol. The van der Waals surface area contributed by atoms with Gasteiger partial charge in [0.1, 0.15) is 11.3 Å². The van der Waals surface area contributed by atoms with Crippen molar-refractivity contribution in [3.05, 3.63) is 88.5 Å². The summed E-state index contributed by atoms with van der Waals surface area (Å²) in [4.78, 5) is 22.8. The number of nitrogens with zero attached hydrogens (tertiary/aromatic N) is 1. The second-order valence-corrected chi connectivity index (χ2v) is 8.86. The summed E-state index contributed by atoms with van der Waals surface area (Å²) in [6.07, 6.45) is 0. The van der Waals surface area contributed by atoms with Gasteiger partial charge >= 0.3 is 0 Å². The molecule has 176 valence electrons. The number of hydrogen-bond donors (Lipinski definition) is 3. The molecule has 0 bridgehead atoms. The Labute approximate surface area is 201 Å². The maximum Gasteiger partial charge on any atom is 0.282 e. The molecule has 3 aromatic carbocycles. The van der Waals surface area contributed by atoms with Crippen molar-refractivity contribution < 1.29 is 22.9 Å². The van der Waals surface area contributed by atoms with Crippen LogP contribution in [0, 0.1) is 10.1 Å².